The molecule has 0 saturated carbocycles. The number of amides is 3. The number of anilines is 5. The fourth-order valence-electron chi connectivity index (χ4n) is 8.93. The van der Waals surface area contributed by atoms with Crippen molar-refractivity contribution < 1.29 is 19.1 Å². The van der Waals surface area contributed by atoms with Gasteiger partial charge in [-0.1, -0.05) is 20.4 Å². The number of primary amides is 1. The molecule has 4 aromatic rings. The maximum atomic E-state index is 13.9. The third-order valence-corrected chi connectivity index (χ3v) is 11.6. The van der Waals surface area contributed by atoms with Crippen LogP contribution in [0.2, 0.25) is 0 Å². The molecule has 6 heterocycles. The van der Waals surface area contributed by atoms with Gasteiger partial charge in [0.25, 0.3) is 11.8 Å². The molecule has 2 fully saturated rings. The average Bonchev–Trinajstić information content (AvgIpc) is 3.83. The number of pyridine rings is 1. The van der Waals surface area contributed by atoms with Crippen molar-refractivity contribution in [1.29, 1.82) is 0 Å². The summed E-state index contributed by atoms with van der Waals surface area (Å²) in [5.41, 5.74) is 13.0. The number of benzene rings is 1. The Balaban J connectivity index is 1.05. The van der Waals surface area contributed by atoms with E-state index in [1.54, 1.807) is 28.0 Å². The number of rotatable bonds is 9. The maximum absolute atomic E-state index is 13.9. The Morgan fingerprint density at radius 1 is 1.05 bits per heavy atom. The van der Waals surface area contributed by atoms with Crippen LogP contribution in [0.25, 0.3) is 5.69 Å². The minimum Gasteiger partial charge on any atom is -0.381 e. The predicted molar refractivity (Wildman–Crippen MR) is 213 cm³/mol. The molecule has 0 bridgehead atoms. The van der Waals surface area contributed by atoms with E-state index in [0.29, 0.717) is 47.7 Å². The van der Waals surface area contributed by atoms with Crippen LogP contribution < -0.4 is 26.2 Å². The molecule has 1 aromatic carbocycles. The Bertz CT molecular complexity index is 2180. The number of carbonyl (C=O) groups is 3. The maximum Gasteiger partial charge on any atom is 0.276 e. The highest BCUT2D eigenvalue weighted by molar-refractivity contribution is 6.06. The van der Waals surface area contributed by atoms with Crippen LogP contribution in [0.3, 0.4) is 0 Å². The van der Waals surface area contributed by atoms with Crippen LogP contribution in [0.4, 0.5) is 28.7 Å². The summed E-state index contributed by atoms with van der Waals surface area (Å²) in [6, 6.07) is 10.3. The second kappa shape index (κ2) is 14.3. The highest BCUT2D eigenvalue weighted by Gasteiger charge is 2.38. The second-order valence-corrected chi connectivity index (χ2v) is 16.0. The monoisotopic (exact) mass is 746 g/mol. The summed E-state index contributed by atoms with van der Waals surface area (Å²) in [6.07, 6.45) is 8.50. The first-order chi connectivity index (χ1) is 26.4. The molecule has 4 aliphatic rings. The SMILES string of the molecule is C=CC(=O)Nc1cc(Nc2nn(-c3ccnc(N4CCn5c(cc6c5CC(C)(C)C6)C4=O)c3C)cc2C(N)=O)ccc1N1CCN(C2CCOCC2)C[C@@H]1C. The van der Waals surface area contributed by atoms with Gasteiger partial charge in [0.05, 0.1) is 17.1 Å². The van der Waals surface area contributed by atoms with E-state index < -0.39 is 5.91 Å². The number of nitrogens with zero attached hydrogens (tertiary/aromatic N) is 7. The van der Waals surface area contributed by atoms with E-state index in [9.17, 15) is 14.4 Å². The van der Waals surface area contributed by atoms with Crippen LogP contribution >= 0.6 is 0 Å². The number of piperazine rings is 1. The van der Waals surface area contributed by atoms with E-state index in [0.717, 1.165) is 69.8 Å². The van der Waals surface area contributed by atoms with E-state index in [2.05, 4.69) is 63.4 Å². The van der Waals surface area contributed by atoms with Crippen molar-refractivity contribution >= 4 is 46.4 Å². The van der Waals surface area contributed by atoms with Crippen molar-refractivity contribution in [2.75, 3.05) is 59.8 Å². The van der Waals surface area contributed by atoms with Gasteiger partial charge in [-0.2, -0.15) is 0 Å². The lowest BCUT2D eigenvalue weighted by molar-refractivity contribution is -0.111. The molecule has 4 N–H and O–H groups in total. The molecule has 1 atom stereocenters. The van der Waals surface area contributed by atoms with Gasteiger partial charge in [-0.25, -0.2) is 9.67 Å². The Hall–Kier alpha value is -5.47. The predicted octanol–water partition coefficient (Wildman–Crippen LogP) is 4.82. The highest BCUT2D eigenvalue weighted by Crippen LogP contribution is 2.40. The molecule has 0 unspecified atom stereocenters. The first-order valence-electron chi connectivity index (χ1n) is 19.2. The first-order valence-corrected chi connectivity index (χ1v) is 19.2. The molecule has 288 valence electrons. The van der Waals surface area contributed by atoms with Crippen molar-refractivity contribution in [2.24, 2.45) is 11.1 Å². The van der Waals surface area contributed by atoms with Crippen LogP contribution in [0.1, 0.15) is 71.3 Å². The van der Waals surface area contributed by atoms with Gasteiger partial charge in [0.2, 0.25) is 5.91 Å². The number of aromatic nitrogens is 4. The lowest BCUT2D eigenvalue weighted by Gasteiger charge is -2.45. The molecule has 0 radical (unpaired) electrons. The molecule has 3 amide bonds. The summed E-state index contributed by atoms with van der Waals surface area (Å²) in [5, 5.41) is 11.0. The van der Waals surface area contributed by atoms with Crippen LogP contribution in [-0.2, 0) is 28.9 Å². The zero-order chi connectivity index (χ0) is 38.6. The summed E-state index contributed by atoms with van der Waals surface area (Å²) < 4.78 is 9.36. The number of hydrogen-bond acceptors (Lipinski definition) is 9. The third kappa shape index (κ3) is 6.89. The normalized spacial score (nSPS) is 19.9. The summed E-state index contributed by atoms with van der Waals surface area (Å²) in [6.45, 7) is 17.7. The van der Waals surface area contributed by atoms with Crippen molar-refractivity contribution in [3.63, 3.8) is 0 Å². The molecular weight excluding hydrogens is 697 g/mol. The smallest absolute Gasteiger partial charge is 0.276 e. The van der Waals surface area contributed by atoms with Gasteiger partial charge in [0, 0.05) is 87.4 Å². The van der Waals surface area contributed by atoms with Crippen LogP contribution in [0, 0.1) is 12.3 Å². The van der Waals surface area contributed by atoms with Gasteiger partial charge in [-0.15, -0.1) is 5.10 Å². The van der Waals surface area contributed by atoms with E-state index in [4.69, 9.17) is 15.6 Å². The van der Waals surface area contributed by atoms with Gasteiger partial charge in [-0.3, -0.25) is 24.2 Å². The van der Waals surface area contributed by atoms with Gasteiger partial charge >= 0.3 is 0 Å². The Morgan fingerprint density at radius 2 is 1.85 bits per heavy atom. The van der Waals surface area contributed by atoms with Crippen molar-refractivity contribution in [1.82, 2.24) is 24.2 Å². The number of nitrogens with one attached hydrogen (secondary N) is 2. The standard InChI is InChI=1S/C41H50N10O4/c1-6-36(52)45-31-20-28(7-8-33(31)48-14-13-47(23-25(48)2)29-10-17-55-18-11-29)44-38-30(37(42)53)24-51(46-38)32-9-12-43-39(26(32)3)50-16-15-49-34(40(50)54)19-27-21-41(4,5)22-35(27)49/h6-9,12,19-20,24-25,29H,1,10-11,13-18,21-23H2,2-5H3,(H2,42,53)(H,44,46)(H,45,52)/t25-/m0/s1. The highest BCUT2D eigenvalue weighted by atomic mass is 16.5. The van der Waals surface area contributed by atoms with Gasteiger partial charge in [0.15, 0.2) is 5.82 Å². The molecule has 3 aliphatic heterocycles. The minimum atomic E-state index is -0.656. The van der Waals surface area contributed by atoms with Crippen LogP contribution in [0.5, 0.6) is 0 Å². The van der Waals surface area contributed by atoms with Gasteiger partial charge in [-0.05, 0) is 86.9 Å². The van der Waals surface area contributed by atoms with Gasteiger partial charge in [0.1, 0.15) is 17.1 Å². The number of fused-ring (bicyclic) bond motifs is 3. The number of carbonyl (C=O) groups excluding carboxylic acids is 3. The van der Waals surface area contributed by atoms with E-state index in [-0.39, 0.29) is 34.7 Å². The fourth-order valence-corrected chi connectivity index (χ4v) is 8.93. The lowest BCUT2D eigenvalue weighted by Crippen LogP contribution is -2.56. The summed E-state index contributed by atoms with van der Waals surface area (Å²) >= 11 is 0. The van der Waals surface area contributed by atoms with Crippen LogP contribution in [0.15, 0.2) is 55.4 Å². The first kappa shape index (κ1) is 36.5. The largest absolute Gasteiger partial charge is 0.381 e. The average molecular weight is 747 g/mol. The van der Waals surface area contributed by atoms with Crippen molar-refractivity contribution in [3.8, 4) is 5.69 Å². The summed E-state index contributed by atoms with van der Waals surface area (Å²) in [4.78, 5) is 50.6. The van der Waals surface area contributed by atoms with Gasteiger partial charge < -0.3 is 30.6 Å². The molecule has 14 heteroatoms. The Kier molecular flexibility index (Phi) is 9.50. The van der Waals surface area contributed by atoms with E-state index >= 15 is 0 Å². The topological polar surface area (TPSA) is 156 Å². The quantitative estimate of drug-likeness (QED) is 0.205. The Labute approximate surface area is 321 Å². The summed E-state index contributed by atoms with van der Waals surface area (Å²) in [5.74, 6) is -0.266. The zero-order valence-corrected chi connectivity index (χ0v) is 32.1. The zero-order valence-electron chi connectivity index (χ0n) is 32.1. The number of ether oxygens (including phenoxy) is 1. The molecular formula is C41H50N10O4. The minimum absolute atomic E-state index is 0.0785. The van der Waals surface area contributed by atoms with E-state index in [1.165, 1.54) is 17.3 Å². The molecule has 55 heavy (non-hydrogen) atoms. The molecule has 2 saturated heterocycles. The van der Waals surface area contributed by atoms with Crippen LogP contribution in [-0.4, -0.2) is 93.4 Å². The molecule has 1 aliphatic carbocycles. The molecule has 8 rings (SSSR count). The molecule has 0 spiro atoms. The number of nitrogens with two attached hydrogens (primary N) is 1. The Morgan fingerprint density at radius 3 is 2.60 bits per heavy atom. The lowest BCUT2D eigenvalue weighted by atomic mass is 9.90. The summed E-state index contributed by atoms with van der Waals surface area (Å²) in [7, 11) is 0. The molecule has 3 aromatic heterocycles. The molecule has 14 nitrogen and oxygen atoms in total. The van der Waals surface area contributed by atoms with E-state index in [1.807, 2.05) is 25.1 Å². The third-order valence-electron chi connectivity index (χ3n) is 11.6. The fraction of sp³-hybridized carbons (Fsp3) is 0.439. The van der Waals surface area contributed by atoms with Crippen molar-refractivity contribution in [2.45, 2.75) is 72.0 Å². The second-order valence-electron chi connectivity index (χ2n) is 16.0. The van der Waals surface area contributed by atoms with Crippen molar-refractivity contribution in [3.05, 3.63) is 83.5 Å². The number of hydrogen-bond donors (Lipinski definition) is 3.